The maximum absolute atomic E-state index is 11.7. The highest BCUT2D eigenvalue weighted by Crippen LogP contribution is 2.13. The normalized spacial score (nSPS) is 10.8. The van der Waals surface area contributed by atoms with Crippen LogP contribution in [0.15, 0.2) is 23.3 Å². The monoisotopic (exact) mass is 188 g/mol. The number of aryl methyl sites for hydroxylation is 3. The van der Waals surface area contributed by atoms with Crippen molar-refractivity contribution in [2.24, 2.45) is 7.05 Å². The Morgan fingerprint density at radius 3 is 2.71 bits per heavy atom. The van der Waals surface area contributed by atoms with Crippen LogP contribution in [0.2, 0.25) is 0 Å². The largest absolute Gasteiger partial charge is 0.318 e. The standard InChI is InChI=1S/C11H12N2O/c1-7-6-13(3)11(14)10-5-12-8(2)4-9(7)10/h4-6H,1-3H3. The first-order chi connectivity index (χ1) is 6.59. The number of pyridine rings is 2. The average Bonchev–Trinajstić information content (AvgIpc) is 2.14. The molecule has 0 atom stereocenters. The lowest BCUT2D eigenvalue weighted by Crippen LogP contribution is -2.17. The van der Waals surface area contributed by atoms with Crippen LogP contribution in [-0.4, -0.2) is 9.55 Å². The Morgan fingerprint density at radius 2 is 2.00 bits per heavy atom. The molecule has 0 aliphatic carbocycles. The van der Waals surface area contributed by atoms with Gasteiger partial charge in [-0.05, 0) is 30.9 Å². The molecular formula is C11H12N2O. The summed E-state index contributed by atoms with van der Waals surface area (Å²) in [5.74, 6) is 0. The highest BCUT2D eigenvalue weighted by molar-refractivity contribution is 5.83. The minimum atomic E-state index is 0.0121. The van der Waals surface area contributed by atoms with Crippen LogP contribution in [0.4, 0.5) is 0 Å². The average molecular weight is 188 g/mol. The molecule has 72 valence electrons. The first kappa shape index (κ1) is 8.94. The molecule has 2 heterocycles. The van der Waals surface area contributed by atoms with Crippen molar-refractivity contribution in [1.29, 1.82) is 0 Å². The van der Waals surface area contributed by atoms with Gasteiger partial charge < -0.3 is 4.57 Å². The van der Waals surface area contributed by atoms with Gasteiger partial charge in [-0.15, -0.1) is 0 Å². The molecule has 14 heavy (non-hydrogen) atoms. The van der Waals surface area contributed by atoms with Crippen LogP contribution in [-0.2, 0) is 7.05 Å². The van der Waals surface area contributed by atoms with E-state index in [9.17, 15) is 4.79 Å². The molecule has 2 aromatic rings. The number of nitrogens with zero attached hydrogens (tertiary/aromatic N) is 2. The topological polar surface area (TPSA) is 34.9 Å². The summed E-state index contributed by atoms with van der Waals surface area (Å²) in [6.45, 7) is 3.93. The van der Waals surface area contributed by atoms with Crippen molar-refractivity contribution in [2.75, 3.05) is 0 Å². The number of hydrogen-bond donors (Lipinski definition) is 0. The molecule has 0 amide bonds. The van der Waals surface area contributed by atoms with Crippen molar-refractivity contribution in [3.05, 3.63) is 40.1 Å². The van der Waals surface area contributed by atoms with Gasteiger partial charge in [-0.25, -0.2) is 0 Å². The van der Waals surface area contributed by atoms with Crippen LogP contribution in [0.3, 0.4) is 0 Å². The van der Waals surface area contributed by atoms with Gasteiger partial charge in [0.2, 0.25) is 0 Å². The molecule has 0 unspecified atom stereocenters. The summed E-state index contributed by atoms with van der Waals surface area (Å²) >= 11 is 0. The number of aromatic nitrogens is 2. The quantitative estimate of drug-likeness (QED) is 0.628. The second-order valence-corrected chi connectivity index (χ2v) is 3.60. The van der Waals surface area contributed by atoms with Gasteiger partial charge in [-0.1, -0.05) is 0 Å². The van der Waals surface area contributed by atoms with E-state index in [1.807, 2.05) is 26.1 Å². The van der Waals surface area contributed by atoms with Crippen molar-refractivity contribution >= 4 is 10.8 Å². The van der Waals surface area contributed by atoms with Crippen LogP contribution in [0.25, 0.3) is 10.8 Å². The van der Waals surface area contributed by atoms with Gasteiger partial charge >= 0.3 is 0 Å². The highest BCUT2D eigenvalue weighted by atomic mass is 16.1. The molecule has 3 nitrogen and oxygen atoms in total. The second-order valence-electron chi connectivity index (χ2n) is 3.60. The van der Waals surface area contributed by atoms with E-state index < -0.39 is 0 Å². The molecule has 0 radical (unpaired) electrons. The molecule has 0 aliphatic rings. The third kappa shape index (κ3) is 1.21. The summed E-state index contributed by atoms with van der Waals surface area (Å²) < 4.78 is 1.59. The maximum atomic E-state index is 11.7. The summed E-state index contributed by atoms with van der Waals surface area (Å²) in [6.07, 6.45) is 3.50. The van der Waals surface area contributed by atoms with E-state index in [0.29, 0.717) is 5.39 Å². The number of hydrogen-bond acceptors (Lipinski definition) is 2. The lowest BCUT2D eigenvalue weighted by molar-refractivity contribution is 0.865. The molecule has 0 saturated carbocycles. The second kappa shape index (κ2) is 2.94. The highest BCUT2D eigenvalue weighted by Gasteiger charge is 2.04. The zero-order valence-corrected chi connectivity index (χ0v) is 8.53. The fraction of sp³-hybridized carbons (Fsp3) is 0.273. The molecule has 0 aliphatic heterocycles. The third-order valence-corrected chi connectivity index (χ3v) is 2.40. The van der Waals surface area contributed by atoms with Gasteiger partial charge in [-0.2, -0.15) is 0 Å². The van der Waals surface area contributed by atoms with Crippen LogP contribution in [0, 0.1) is 13.8 Å². The molecule has 0 bridgehead atoms. The van der Waals surface area contributed by atoms with Crippen molar-refractivity contribution in [2.45, 2.75) is 13.8 Å². The summed E-state index contributed by atoms with van der Waals surface area (Å²) in [7, 11) is 1.76. The van der Waals surface area contributed by atoms with Crippen molar-refractivity contribution < 1.29 is 0 Å². The molecule has 0 fully saturated rings. The van der Waals surface area contributed by atoms with E-state index in [4.69, 9.17) is 0 Å². The van der Waals surface area contributed by atoms with Crippen LogP contribution in [0.1, 0.15) is 11.3 Å². The predicted octanol–water partition coefficient (Wildman–Crippen LogP) is 1.55. The Morgan fingerprint density at radius 1 is 1.29 bits per heavy atom. The number of rotatable bonds is 0. The van der Waals surface area contributed by atoms with Crippen molar-refractivity contribution in [3.63, 3.8) is 0 Å². The number of fused-ring (bicyclic) bond motifs is 1. The van der Waals surface area contributed by atoms with E-state index in [0.717, 1.165) is 16.6 Å². The Bertz CT molecular complexity index is 555. The maximum Gasteiger partial charge on any atom is 0.259 e. The first-order valence-corrected chi connectivity index (χ1v) is 4.52. The Labute approximate surface area is 82.0 Å². The minimum absolute atomic E-state index is 0.0121. The molecule has 2 rings (SSSR count). The van der Waals surface area contributed by atoms with Gasteiger partial charge in [0.1, 0.15) is 0 Å². The van der Waals surface area contributed by atoms with Gasteiger partial charge in [0, 0.05) is 25.1 Å². The van der Waals surface area contributed by atoms with Crippen LogP contribution in [0.5, 0.6) is 0 Å². The smallest absolute Gasteiger partial charge is 0.259 e. The first-order valence-electron chi connectivity index (χ1n) is 4.52. The zero-order valence-electron chi connectivity index (χ0n) is 8.53. The lowest BCUT2D eigenvalue weighted by atomic mass is 10.1. The summed E-state index contributed by atoms with van der Waals surface area (Å²) in [5.41, 5.74) is 2.06. The van der Waals surface area contributed by atoms with Crippen molar-refractivity contribution in [1.82, 2.24) is 9.55 Å². The molecule has 0 N–H and O–H groups in total. The molecule has 2 aromatic heterocycles. The Kier molecular flexibility index (Phi) is 1.88. The van der Waals surface area contributed by atoms with Crippen LogP contribution < -0.4 is 5.56 Å². The molecular weight excluding hydrogens is 176 g/mol. The van der Waals surface area contributed by atoms with Gasteiger partial charge in [-0.3, -0.25) is 9.78 Å². The molecule has 0 saturated heterocycles. The zero-order chi connectivity index (χ0) is 10.3. The summed E-state index contributed by atoms with van der Waals surface area (Å²) in [4.78, 5) is 15.9. The van der Waals surface area contributed by atoms with E-state index in [-0.39, 0.29) is 5.56 Å². The van der Waals surface area contributed by atoms with E-state index in [1.54, 1.807) is 17.8 Å². The van der Waals surface area contributed by atoms with E-state index in [1.165, 1.54) is 0 Å². The molecule has 0 aromatic carbocycles. The van der Waals surface area contributed by atoms with Gasteiger partial charge in [0.05, 0.1) is 5.39 Å². The molecule has 3 heteroatoms. The van der Waals surface area contributed by atoms with Gasteiger partial charge in [0.15, 0.2) is 0 Å². The van der Waals surface area contributed by atoms with Crippen molar-refractivity contribution in [3.8, 4) is 0 Å². The minimum Gasteiger partial charge on any atom is -0.318 e. The summed E-state index contributed by atoms with van der Waals surface area (Å²) in [5, 5.41) is 1.69. The fourth-order valence-corrected chi connectivity index (χ4v) is 1.67. The van der Waals surface area contributed by atoms with E-state index in [2.05, 4.69) is 4.98 Å². The third-order valence-electron chi connectivity index (χ3n) is 2.40. The fourth-order valence-electron chi connectivity index (χ4n) is 1.67. The van der Waals surface area contributed by atoms with Crippen LogP contribution >= 0.6 is 0 Å². The Balaban J connectivity index is 3.02. The Hall–Kier alpha value is -1.64. The van der Waals surface area contributed by atoms with E-state index >= 15 is 0 Å². The SMILES string of the molecule is Cc1cc2c(C)cn(C)c(=O)c2cn1. The predicted molar refractivity (Wildman–Crippen MR) is 56.5 cm³/mol. The van der Waals surface area contributed by atoms with Gasteiger partial charge in [0.25, 0.3) is 5.56 Å². The summed E-state index contributed by atoms with van der Waals surface area (Å²) in [6, 6.07) is 1.95. The lowest BCUT2D eigenvalue weighted by Gasteiger charge is -2.05. The molecule has 0 spiro atoms.